The molecular weight excluding hydrogens is 254 g/mol. The zero-order valence-corrected chi connectivity index (χ0v) is 10.6. The first kappa shape index (κ1) is 12.6. The molecule has 1 aromatic heterocycles. The summed E-state index contributed by atoms with van der Waals surface area (Å²) in [5.41, 5.74) is 2.33. The van der Waals surface area contributed by atoms with Crippen LogP contribution in [0.15, 0.2) is 24.4 Å². The van der Waals surface area contributed by atoms with Crippen LogP contribution in [0.4, 0.5) is 0 Å². The fourth-order valence-corrected chi connectivity index (χ4v) is 1.79. The lowest BCUT2D eigenvalue weighted by Gasteiger charge is -2.04. The number of benzene rings is 1. The topological polar surface area (TPSA) is 68.0 Å². The minimum atomic E-state index is -0.849. The van der Waals surface area contributed by atoms with Crippen LogP contribution >= 0.6 is 11.6 Å². The summed E-state index contributed by atoms with van der Waals surface area (Å²) >= 11 is 6.18. The van der Waals surface area contributed by atoms with Gasteiger partial charge in [0.25, 0.3) is 0 Å². The highest BCUT2D eigenvalue weighted by Gasteiger charge is 2.09. The lowest BCUT2D eigenvalue weighted by atomic mass is 10.2. The molecule has 0 saturated heterocycles. The summed E-state index contributed by atoms with van der Waals surface area (Å²) in [6, 6.07) is 5.63. The third-order valence-corrected chi connectivity index (χ3v) is 3.05. The van der Waals surface area contributed by atoms with Crippen molar-refractivity contribution < 1.29 is 9.90 Å². The highest BCUT2D eigenvalue weighted by molar-refractivity contribution is 6.33. The average Bonchev–Trinajstić information content (AvgIpc) is 2.78. The van der Waals surface area contributed by atoms with Crippen LogP contribution in [0.1, 0.15) is 17.7 Å². The standard InChI is InChI=1S/C12H12ClN3O2/c1-8-3-2-4-10(12(8)13)16-7-9(14-15-16)5-6-11(17)18/h2-4,7H,5-6H2,1H3,(H,17,18). The molecule has 0 spiro atoms. The quantitative estimate of drug-likeness (QED) is 0.921. The SMILES string of the molecule is Cc1cccc(-n2cc(CCC(=O)O)nn2)c1Cl. The van der Waals surface area contributed by atoms with Gasteiger partial charge in [-0.2, -0.15) is 0 Å². The molecule has 1 aromatic carbocycles. The zero-order valence-electron chi connectivity index (χ0n) is 9.80. The smallest absolute Gasteiger partial charge is 0.303 e. The molecule has 6 heteroatoms. The maximum atomic E-state index is 10.5. The van der Waals surface area contributed by atoms with Crippen LogP contribution in [0.5, 0.6) is 0 Å². The normalized spacial score (nSPS) is 10.6. The van der Waals surface area contributed by atoms with Crippen molar-refractivity contribution in [3.8, 4) is 5.69 Å². The van der Waals surface area contributed by atoms with Gasteiger partial charge in [-0.3, -0.25) is 4.79 Å². The average molecular weight is 266 g/mol. The molecule has 0 aliphatic rings. The second kappa shape index (κ2) is 5.18. The minimum absolute atomic E-state index is 0.0419. The molecule has 2 rings (SSSR count). The largest absolute Gasteiger partial charge is 0.481 e. The first-order chi connectivity index (χ1) is 8.58. The van der Waals surface area contributed by atoms with Crippen LogP contribution in [0.25, 0.3) is 5.69 Å². The van der Waals surface area contributed by atoms with E-state index in [1.807, 2.05) is 25.1 Å². The van der Waals surface area contributed by atoms with Crippen LogP contribution in [0.2, 0.25) is 5.02 Å². The molecule has 0 saturated carbocycles. The van der Waals surface area contributed by atoms with E-state index in [1.54, 1.807) is 10.9 Å². The van der Waals surface area contributed by atoms with Crippen LogP contribution in [0, 0.1) is 6.92 Å². The minimum Gasteiger partial charge on any atom is -0.481 e. The van der Waals surface area contributed by atoms with E-state index in [2.05, 4.69) is 10.3 Å². The lowest BCUT2D eigenvalue weighted by molar-refractivity contribution is -0.136. The number of hydrogen-bond acceptors (Lipinski definition) is 3. The van der Waals surface area contributed by atoms with Gasteiger partial charge in [0.15, 0.2) is 0 Å². The second-order valence-corrected chi connectivity index (χ2v) is 4.33. The Morgan fingerprint density at radius 3 is 3.00 bits per heavy atom. The van der Waals surface area contributed by atoms with Crippen molar-refractivity contribution in [2.24, 2.45) is 0 Å². The van der Waals surface area contributed by atoms with Crippen molar-refractivity contribution in [3.63, 3.8) is 0 Å². The Bertz CT molecular complexity index is 580. The van der Waals surface area contributed by atoms with Crippen molar-refractivity contribution in [2.45, 2.75) is 19.8 Å². The zero-order chi connectivity index (χ0) is 13.1. The number of aliphatic carboxylic acids is 1. The molecule has 18 heavy (non-hydrogen) atoms. The van der Waals surface area contributed by atoms with E-state index in [0.717, 1.165) is 11.3 Å². The van der Waals surface area contributed by atoms with E-state index in [4.69, 9.17) is 16.7 Å². The number of hydrogen-bond donors (Lipinski definition) is 1. The Hall–Kier alpha value is -1.88. The van der Waals surface area contributed by atoms with Gasteiger partial charge in [0.05, 0.1) is 29.0 Å². The number of rotatable bonds is 4. The van der Waals surface area contributed by atoms with E-state index in [-0.39, 0.29) is 6.42 Å². The van der Waals surface area contributed by atoms with Crippen LogP contribution in [-0.4, -0.2) is 26.1 Å². The summed E-state index contributed by atoms with van der Waals surface area (Å²) < 4.78 is 1.56. The molecular formula is C12H12ClN3O2. The first-order valence-electron chi connectivity index (χ1n) is 5.46. The predicted octanol–water partition coefficient (Wildman–Crippen LogP) is 2.25. The van der Waals surface area contributed by atoms with E-state index in [0.29, 0.717) is 17.1 Å². The first-order valence-corrected chi connectivity index (χ1v) is 5.84. The lowest BCUT2D eigenvalue weighted by Crippen LogP contribution is -1.97. The highest BCUT2D eigenvalue weighted by Crippen LogP contribution is 2.23. The molecule has 5 nitrogen and oxygen atoms in total. The highest BCUT2D eigenvalue weighted by atomic mass is 35.5. The van der Waals surface area contributed by atoms with Crippen LogP contribution < -0.4 is 0 Å². The van der Waals surface area contributed by atoms with E-state index >= 15 is 0 Å². The Morgan fingerprint density at radius 2 is 2.28 bits per heavy atom. The molecule has 2 aromatic rings. The van der Waals surface area contributed by atoms with E-state index in [9.17, 15) is 4.79 Å². The van der Waals surface area contributed by atoms with Gasteiger partial charge in [-0.05, 0) is 18.6 Å². The molecule has 0 aliphatic carbocycles. The van der Waals surface area contributed by atoms with Gasteiger partial charge in [0.2, 0.25) is 0 Å². The number of carboxylic acids is 1. The number of carbonyl (C=O) groups is 1. The van der Waals surface area contributed by atoms with Crippen LogP contribution in [-0.2, 0) is 11.2 Å². The second-order valence-electron chi connectivity index (χ2n) is 3.96. The van der Waals surface area contributed by atoms with Gasteiger partial charge < -0.3 is 5.11 Å². The van der Waals surface area contributed by atoms with Gasteiger partial charge in [-0.1, -0.05) is 28.9 Å². The van der Waals surface area contributed by atoms with E-state index in [1.165, 1.54) is 0 Å². The number of carboxylic acid groups (broad SMARTS) is 1. The van der Waals surface area contributed by atoms with Crippen molar-refractivity contribution in [1.29, 1.82) is 0 Å². The maximum Gasteiger partial charge on any atom is 0.303 e. The summed E-state index contributed by atoms with van der Waals surface area (Å²) in [7, 11) is 0. The number of nitrogens with zero attached hydrogens (tertiary/aromatic N) is 3. The van der Waals surface area contributed by atoms with Crippen molar-refractivity contribution in [2.75, 3.05) is 0 Å². The molecule has 94 valence electrons. The number of aryl methyl sites for hydroxylation is 2. The summed E-state index contributed by atoms with van der Waals surface area (Å²) in [6.07, 6.45) is 2.10. The summed E-state index contributed by atoms with van der Waals surface area (Å²) in [5, 5.41) is 17.1. The van der Waals surface area contributed by atoms with Gasteiger partial charge in [-0.25, -0.2) is 4.68 Å². The third kappa shape index (κ3) is 2.68. The Kier molecular flexibility index (Phi) is 3.62. The summed E-state index contributed by atoms with van der Waals surface area (Å²) in [6.45, 7) is 1.91. The maximum absolute atomic E-state index is 10.5. The monoisotopic (exact) mass is 265 g/mol. The van der Waals surface area contributed by atoms with Gasteiger partial charge in [0.1, 0.15) is 0 Å². The fraction of sp³-hybridized carbons (Fsp3) is 0.250. The van der Waals surface area contributed by atoms with Crippen molar-refractivity contribution >= 4 is 17.6 Å². The molecule has 0 amide bonds. The third-order valence-electron chi connectivity index (χ3n) is 2.55. The molecule has 0 aliphatic heterocycles. The fourth-order valence-electron chi connectivity index (χ4n) is 1.57. The molecule has 1 heterocycles. The number of aromatic nitrogens is 3. The van der Waals surface area contributed by atoms with Gasteiger partial charge >= 0.3 is 5.97 Å². The molecule has 0 fully saturated rings. The van der Waals surface area contributed by atoms with Crippen molar-refractivity contribution in [3.05, 3.63) is 40.7 Å². The number of halogens is 1. The summed E-state index contributed by atoms with van der Waals surface area (Å²) in [4.78, 5) is 10.5. The van der Waals surface area contributed by atoms with E-state index < -0.39 is 5.97 Å². The predicted molar refractivity (Wildman–Crippen MR) is 67.1 cm³/mol. The van der Waals surface area contributed by atoms with Gasteiger partial charge in [0, 0.05) is 6.42 Å². The van der Waals surface area contributed by atoms with Crippen LogP contribution in [0.3, 0.4) is 0 Å². The Labute approximate surface area is 109 Å². The Balaban J connectivity index is 2.24. The molecule has 0 bridgehead atoms. The molecule has 0 atom stereocenters. The van der Waals surface area contributed by atoms with Crippen molar-refractivity contribution in [1.82, 2.24) is 15.0 Å². The summed E-state index contributed by atoms with van der Waals surface area (Å²) in [5.74, 6) is -0.849. The molecule has 0 unspecified atom stereocenters. The molecule has 1 N–H and O–H groups in total. The Morgan fingerprint density at radius 1 is 1.50 bits per heavy atom. The molecule has 0 radical (unpaired) electrons. The van der Waals surface area contributed by atoms with Gasteiger partial charge in [-0.15, -0.1) is 5.10 Å².